The van der Waals surface area contributed by atoms with Gasteiger partial charge >= 0.3 is 5.88 Å². The van der Waals surface area contributed by atoms with E-state index in [1.807, 2.05) is 0 Å². The molecule has 0 amide bonds. The maximum Gasteiger partial charge on any atom is 0.433 e. The van der Waals surface area contributed by atoms with E-state index < -0.39 is 4.92 Å². The lowest BCUT2D eigenvalue weighted by molar-refractivity contribution is -0.402. The van der Waals surface area contributed by atoms with Gasteiger partial charge in [0.25, 0.3) is 0 Å². The van der Waals surface area contributed by atoms with Crippen molar-refractivity contribution in [3.63, 3.8) is 0 Å². The average molecular weight is 252 g/mol. The van der Waals surface area contributed by atoms with E-state index in [1.165, 1.54) is 6.07 Å². The van der Waals surface area contributed by atoms with Crippen LogP contribution in [-0.4, -0.2) is 39.7 Å². The Kier molecular flexibility index (Phi) is 2.36. The third kappa shape index (κ3) is 1.80. The van der Waals surface area contributed by atoms with Gasteiger partial charge in [0.1, 0.15) is 10.6 Å². The lowest BCUT2D eigenvalue weighted by Gasteiger charge is -2.19. The van der Waals surface area contributed by atoms with Gasteiger partial charge in [0.05, 0.1) is 19.2 Å². The van der Waals surface area contributed by atoms with Gasteiger partial charge in [-0.15, -0.1) is 0 Å². The van der Waals surface area contributed by atoms with Gasteiger partial charge in [0.2, 0.25) is 0 Å². The lowest BCUT2D eigenvalue weighted by atomic mass is 10.3. The highest BCUT2D eigenvalue weighted by Crippen LogP contribution is 2.24. The van der Waals surface area contributed by atoms with E-state index in [4.69, 9.17) is 4.42 Å². The molecule has 0 radical (unpaired) electrons. The molecule has 17 heavy (non-hydrogen) atoms. The van der Waals surface area contributed by atoms with Gasteiger partial charge in [-0.25, -0.2) is 5.01 Å². The molecule has 0 atom stereocenters. The average Bonchev–Trinajstić information content (AvgIpc) is 2.97. The molecule has 1 aromatic rings. The van der Waals surface area contributed by atoms with Crippen molar-refractivity contribution in [2.75, 3.05) is 18.8 Å². The van der Waals surface area contributed by atoms with Crippen molar-refractivity contribution in [2.24, 2.45) is 10.1 Å². The largest absolute Gasteiger partial charge is 0.433 e. The highest BCUT2D eigenvalue weighted by Gasteiger charge is 2.26. The van der Waals surface area contributed by atoms with Crippen LogP contribution in [0.25, 0.3) is 0 Å². The van der Waals surface area contributed by atoms with Crippen molar-refractivity contribution in [3.8, 4) is 0 Å². The van der Waals surface area contributed by atoms with Crippen molar-refractivity contribution in [3.05, 3.63) is 28.0 Å². The Morgan fingerprint density at radius 1 is 1.53 bits per heavy atom. The summed E-state index contributed by atoms with van der Waals surface area (Å²) >= 11 is 1.57. The summed E-state index contributed by atoms with van der Waals surface area (Å²) < 4.78 is 5.12. The number of nitro groups is 1. The summed E-state index contributed by atoms with van der Waals surface area (Å²) in [4.78, 5) is 14.2. The van der Waals surface area contributed by atoms with Crippen molar-refractivity contribution in [1.29, 1.82) is 0 Å². The Hall–Kier alpha value is -1.83. The number of nitrogens with zero attached hydrogens (tertiary/aromatic N) is 4. The molecular formula is C9H8N4O3S. The molecule has 0 saturated carbocycles. The molecule has 0 aliphatic carbocycles. The number of thioether (sulfide) groups is 1. The first-order chi connectivity index (χ1) is 8.24. The second kappa shape index (κ2) is 3.88. The number of aliphatic imine (C=N–C) groups is 1. The molecule has 3 heterocycles. The van der Waals surface area contributed by atoms with Crippen LogP contribution < -0.4 is 0 Å². The van der Waals surface area contributed by atoms with Crippen LogP contribution in [0.2, 0.25) is 0 Å². The quantitative estimate of drug-likeness (QED) is 0.585. The van der Waals surface area contributed by atoms with E-state index in [0.29, 0.717) is 17.2 Å². The Morgan fingerprint density at radius 3 is 3.18 bits per heavy atom. The second-order valence-electron chi connectivity index (χ2n) is 3.52. The highest BCUT2D eigenvalue weighted by molar-refractivity contribution is 8.14. The maximum atomic E-state index is 10.5. The molecule has 0 bridgehead atoms. The molecule has 0 aromatic carbocycles. The minimum absolute atomic E-state index is 0.256. The van der Waals surface area contributed by atoms with E-state index in [0.717, 1.165) is 18.3 Å². The van der Waals surface area contributed by atoms with Gasteiger partial charge in [-0.2, -0.15) is 5.10 Å². The number of rotatable bonds is 2. The number of hydrazone groups is 1. The topological polar surface area (TPSA) is 84.2 Å². The van der Waals surface area contributed by atoms with Gasteiger partial charge in [-0.3, -0.25) is 15.1 Å². The SMILES string of the molecule is O=[N+]([O-])c1ccc(C2=NN3CCN=C3SC2)o1. The molecule has 1 aromatic heterocycles. The van der Waals surface area contributed by atoms with Crippen LogP contribution in [0.15, 0.2) is 26.6 Å². The maximum absolute atomic E-state index is 10.5. The first-order valence-corrected chi connectivity index (χ1v) is 5.99. The Balaban J connectivity index is 1.89. The first-order valence-electron chi connectivity index (χ1n) is 5.01. The zero-order valence-corrected chi connectivity index (χ0v) is 9.51. The van der Waals surface area contributed by atoms with E-state index >= 15 is 0 Å². The molecule has 2 aliphatic heterocycles. The van der Waals surface area contributed by atoms with Crippen molar-refractivity contribution >= 4 is 28.5 Å². The third-order valence-corrected chi connectivity index (χ3v) is 3.43. The summed E-state index contributed by atoms with van der Waals surface area (Å²) in [7, 11) is 0. The highest BCUT2D eigenvalue weighted by atomic mass is 32.2. The minimum Gasteiger partial charge on any atom is -0.399 e. The Bertz CT molecular complexity index is 536. The number of hydrogen-bond donors (Lipinski definition) is 0. The van der Waals surface area contributed by atoms with E-state index in [9.17, 15) is 10.1 Å². The zero-order valence-electron chi connectivity index (χ0n) is 8.70. The molecule has 7 nitrogen and oxygen atoms in total. The standard InChI is InChI=1S/C9H8N4O3S/c14-13(15)8-2-1-7(16-8)6-5-17-9-10-3-4-12(9)11-6/h1-2H,3-5H2. The normalized spacial score (nSPS) is 18.7. The summed E-state index contributed by atoms with van der Waals surface area (Å²) in [6.45, 7) is 1.51. The summed E-state index contributed by atoms with van der Waals surface area (Å²) in [5, 5.41) is 17.6. The minimum atomic E-state index is -0.553. The van der Waals surface area contributed by atoms with Gasteiger partial charge in [-0.05, 0) is 6.07 Å². The molecular weight excluding hydrogens is 244 g/mol. The summed E-state index contributed by atoms with van der Waals surface area (Å²) in [5.41, 5.74) is 0.712. The molecule has 2 aliphatic rings. The van der Waals surface area contributed by atoms with E-state index in [-0.39, 0.29) is 5.88 Å². The molecule has 88 valence electrons. The lowest BCUT2D eigenvalue weighted by Crippen LogP contribution is -2.27. The van der Waals surface area contributed by atoms with Crippen LogP contribution in [0.4, 0.5) is 5.88 Å². The van der Waals surface area contributed by atoms with Crippen molar-refractivity contribution in [1.82, 2.24) is 5.01 Å². The fraction of sp³-hybridized carbons (Fsp3) is 0.333. The molecule has 0 saturated heterocycles. The third-order valence-electron chi connectivity index (χ3n) is 2.42. The van der Waals surface area contributed by atoms with Gasteiger partial charge in [0, 0.05) is 5.75 Å². The summed E-state index contributed by atoms with van der Waals surface area (Å²) in [6.07, 6.45) is 0. The number of fused-ring (bicyclic) bond motifs is 1. The fourth-order valence-electron chi connectivity index (χ4n) is 1.64. The van der Waals surface area contributed by atoms with Crippen LogP contribution >= 0.6 is 11.8 Å². The predicted octanol–water partition coefficient (Wildman–Crippen LogP) is 1.31. The van der Waals surface area contributed by atoms with Crippen molar-refractivity contribution < 1.29 is 9.34 Å². The molecule has 0 N–H and O–H groups in total. The second-order valence-corrected chi connectivity index (χ2v) is 4.46. The van der Waals surface area contributed by atoms with Crippen LogP contribution in [0, 0.1) is 10.1 Å². The van der Waals surface area contributed by atoms with Gasteiger partial charge in [-0.1, -0.05) is 11.8 Å². The van der Waals surface area contributed by atoms with E-state index in [2.05, 4.69) is 10.1 Å². The first kappa shape index (κ1) is 10.3. The number of amidine groups is 1. The summed E-state index contributed by atoms with van der Waals surface area (Å²) in [5.74, 6) is 0.823. The zero-order chi connectivity index (χ0) is 11.8. The fourth-order valence-corrected chi connectivity index (χ4v) is 2.57. The van der Waals surface area contributed by atoms with Crippen LogP contribution in [0.1, 0.15) is 5.76 Å². The van der Waals surface area contributed by atoms with Gasteiger partial charge in [0.15, 0.2) is 10.9 Å². The monoisotopic (exact) mass is 252 g/mol. The Morgan fingerprint density at radius 2 is 2.41 bits per heavy atom. The number of furan rings is 1. The number of hydrogen-bond acceptors (Lipinski definition) is 7. The van der Waals surface area contributed by atoms with Gasteiger partial charge < -0.3 is 4.42 Å². The molecule has 8 heteroatoms. The molecule has 0 unspecified atom stereocenters. The van der Waals surface area contributed by atoms with Crippen molar-refractivity contribution in [2.45, 2.75) is 0 Å². The Labute approximate surface area is 100 Å². The summed E-state index contributed by atoms with van der Waals surface area (Å²) in [6, 6.07) is 2.92. The van der Waals surface area contributed by atoms with Crippen LogP contribution in [-0.2, 0) is 0 Å². The predicted molar refractivity (Wildman–Crippen MR) is 63.4 cm³/mol. The smallest absolute Gasteiger partial charge is 0.399 e. The molecule has 0 fully saturated rings. The van der Waals surface area contributed by atoms with E-state index in [1.54, 1.807) is 22.8 Å². The molecule has 0 spiro atoms. The van der Waals surface area contributed by atoms with Crippen LogP contribution in [0.5, 0.6) is 0 Å². The molecule has 3 rings (SSSR count). The van der Waals surface area contributed by atoms with Crippen LogP contribution in [0.3, 0.4) is 0 Å².